The van der Waals surface area contributed by atoms with Crippen molar-refractivity contribution in [2.24, 2.45) is 17.8 Å². The largest absolute Gasteiger partial charge is 0.370 e. The first-order valence-corrected chi connectivity index (χ1v) is 11.5. The zero-order valence-electron chi connectivity index (χ0n) is 17.3. The minimum absolute atomic E-state index is 0.0448. The highest BCUT2D eigenvalue weighted by molar-refractivity contribution is 6.33. The van der Waals surface area contributed by atoms with E-state index in [1.165, 1.54) is 12.8 Å². The topological polar surface area (TPSA) is 52.7 Å². The lowest BCUT2D eigenvalue weighted by molar-refractivity contribution is -0.136. The molecule has 1 N–H and O–H groups in total. The Bertz CT molecular complexity index is 764. The van der Waals surface area contributed by atoms with E-state index in [9.17, 15) is 9.59 Å². The van der Waals surface area contributed by atoms with Crippen LogP contribution in [0.15, 0.2) is 18.2 Å². The van der Waals surface area contributed by atoms with E-state index < -0.39 is 0 Å². The molecule has 2 saturated heterocycles. The molecule has 2 heterocycles. The van der Waals surface area contributed by atoms with E-state index in [1.54, 1.807) is 0 Å². The second-order valence-corrected chi connectivity index (χ2v) is 9.50. The predicted molar refractivity (Wildman–Crippen MR) is 116 cm³/mol. The highest BCUT2D eigenvalue weighted by Gasteiger charge is 2.36. The van der Waals surface area contributed by atoms with Crippen LogP contribution in [-0.2, 0) is 16.1 Å². The van der Waals surface area contributed by atoms with Gasteiger partial charge in [-0.25, -0.2) is 0 Å². The Morgan fingerprint density at radius 1 is 1.07 bits per heavy atom. The average Bonchev–Trinajstić information content (AvgIpc) is 3.57. The van der Waals surface area contributed by atoms with Gasteiger partial charge in [-0.15, -0.1) is 0 Å². The molecule has 0 aromatic heterocycles. The lowest BCUT2D eigenvalue weighted by Gasteiger charge is -2.33. The number of anilines is 1. The number of piperidine rings is 2. The molecule has 6 heteroatoms. The van der Waals surface area contributed by atoms with Crippen molar-refractivity contribution in [2.45, 2.75) is 52.0 Å². The molecule has 2 amide bonds. The maximum Gasteiger partial charge on any atom is 0.225 e. The fourth-order valence-electron chi connectivity index (χ4n) is 4.64. The number of nitrogens with one attached hydrogen (secondary N) is 1. The number of benzene rings is 1. The minimum Gasteiger partial charge on any atom is -0.370 e. The second-order valence-electron chi connectivity index (χ2n) is 9.09. The van der Waals surface area contributed by atoms with Gasteiger partial charge in [0.1, 0.15) is 0 Å². The third-order valence-corrected chi connectivity index (χ3v) is 6.81. The molecule has 1 aromatic carbocycles. The van der Waals surface area contributed by atoms with Crippen molar-refractivity contribution >= 4 is 29.1 Å². The first-order valence-electron chi connectivity index (χ1n) is 11.1. The number of carbonyl (C=O) groups excluding carboxylic acids is 2. The van der Waals surface area contributed by atoms with Gasteiger partial charge in [0.05, 0.1) is 16.6 Å². The van der Waals surface area contributed by atoms with Gasteiger partial charge in [0.25, 0.3) is 0 Å². The maximum absolute atomic E-state index is 12.7. The van der Waals surface area contributed by atoms with Crippen LogP contribution in [-0.4, -0.2) is 42.9 Å². The van der Waals surface area contributed by atoms with Crippen LogP contribution in [0.2, 0.25) is 5.02 Å². The summed E-state index contributed by atoms with van der Waals surface area (Å²) in [6, 6.07) is 6.11. The molecule has 1 aliphatic carbocycles. The van der Waals surface area contributed by atoms with Crippen LogP contribution in [0.1, 0.15) is 51.0 Å². The number of amides is 2. The van der Waals surface area contributed by atoms with Gasteiger partial charge in [0, 0.05) is 38.6 Å². The zero-order chi connectivity index (χ0) is 20.4. The van der Waals surface area contributed by atoms with Crippen LogP contribution in [0, 0.1) is 17.8 Å². The highest BCUT2D eigenvalue weighted by atomic mass is 35.5. The number of hydrogen-bond donors (Lipinski definition) is 1. The molecule has 3 aliphatic rings. The Labute approximate surface area is 178 Å². The summed E-state index contributed by atoms with van der Waals surface area (Å²) in [6.45, 7) is 6.22. The summed E-state index contributed by atoms with van der Waals surface area (Å²) < 4.78 is 0. The van der Waals surface area contributed by atoms with E-state index in [2.05, 4.69) is 29.3 Å². The molecule has 158 valence electrons. The molecule has 2 aliphatic heterocycles. The van der Waals surface area contributed by atoms with Crippen LogP contribution in [0.25, 0.3) is 0 Å². The minimum atomic E-state index is -0.101. The zero-order valence-corrected chi connectivity index (χ0v) is 18.1. The van der Waals surface area contributed by atoms with Crippen LogP contribution in [0.4, 0.5) is 5.69 Å². The first-order chi connectivity index (χ1) is 14.0. The van der Waals surface area contributed by atoms with Crippen LogP contribution in [0.5, 0.6) is 0 Å². The number of hydrogen-bond acceptors (Lipinski definition) is 3. The first kappa shape index (κ1) is 20.5. The molecule has 4 rings (SSSR count). The predicted octanol–water partition coefficient (Wildman–Crippen LogP) is 3.84. The third kappa shape index (κ3) is 5.06. The van der Waals surface area contributed by atoms with Gasteiger partial charge in [0.15, 0.2) is 0 Å². The van der Waals surface area contributed by atoms with Crippen LogP contribution >= 0.6 is 11.6 Å². The van der Waals surface area contributed by atoms with Gasteiger partial charge in [-0.3, -0.25) is 9.59 Å². The van der Waals surface area contributed by atoms with E-state index >= 15 is 0 Å². The molecule has 1 saturated carbocycles. The van der Waals surface area contributed by atoms with Gasteiger partial charge in [0.2, 0.25) is 11.8 Å². The lowest BCUT2D eigenvalue weighted by Crippen LogP contribution is -2.45. The Hall–Kier alpha value is -1.75. The molecule has 5 nitrogen and oxygen atoms in total. The van der Waals surface area contributed by atoms with Gasteiger partial charge in [-0.1, -0.05) is 24.6 Å². The van der Waals surface area contributed by atoms with Gasteiger partial charge in [-0.2, -0.15) is 0 Å². The van der Waals surface area contributed by atoms with Crippen molar-refractivity contribution < 1.29 is 9.59 Å². The van der Waals surface area contributed by atoms with Crippen LogP contribution < -0.4 is 10.2 Å². The van der Waals surface area contributed by atoms with Crippen molar-refractivity contribution in [3.8, 4) is 0 Å². The number of halogens is 1. The summed E-state index contributed by atoms with van der Waals surface area (Å²) in [5, 5.41) is 3.81. The van der Waals surface area contributed by atoms with Gasteiger partial charge in [-0.05, 0) is 62.1 Å². The molecule has 1 aromatic rings. The van der Waals surface area contributed by atoms with E-state index in [1.807, 2.05) is 11.0 Å². The van der Waals surface area contributed by atoms with Crippen molar-refractivity contribution in [2.75, 3.05) is 31.1 Å². The Balaban J connectivity index is 1.30. The monoisotopic (exact) mass is 417 g/mol. The summed E-state index contributed by atoms with van der Waals surface area (Å²) in [7, 11) is 0. The molecular weight excluding hydrogens is 386 g/mol. The number of carbonyl (C=O) groups is 2. The second kappa shape index (κ2) is 8.95. The van der Waals surface area contributed by atoms with Gasteiger partial charge < -0.3 is 15.1 Å². The SMILES string of the molecule is CC1CCCN(c2ccc(CNC(=O)C3CCCN(C(=O)C4CC4)C3)cc2Cl)C1. The van der Waals surface area contributed by atoms with Crippen molar-refractivity contribution in [1.29, 1.82) is 0 Å². The fraction of sp³-hybridized carbons (Fsp3) is 0.652. The Morgan fingerprint density at radius 3 is 2.59 bits per heavy atom. The molecule has 2 atom stereocenters. The number of likely N-dealkylation sites (tertiary alicyclic amines) is 1. The standard InChI is InChI=1S/C23H32ClN3O2/c1-16-4-2-10-26(14-16)21-9-6-17(12-20(21)24)13-25-22(28)19-5-3-11-27(15-19)23(29)18-7-8-18/h6,9,12,16,18-19H,2-5,7-8,10-11,13-15H2,1H3,(H,25,28). The smallest absolute Gasteiger partial charge is 0.225 e. The quantitative estimate of drug-likeness (QED) is 0.791. The van der Waals surface area contributed by atoms with E-state index in [-0.39, 0.29) is 23.7 Å². The van der Waals surface area contributed by atoms with Crippen molar-refractivity contribution in [1.82, 2.24) is 10.2 Å². The fourth-order valence-corrected chi connectivity index (χ4v) is 4.96. The van der Waals surface area contributed by atoms with Crippen LogP contribution in [0.3, 0.4) is 0 Å². The van der Waals surface area contributed by atoms with Gasteiger partial charge >= 0.3 is 0 Å². The van der Waals surface area contributed by atoms with E-state index in [0.717, 1.165) is 61.6 Å². The Morgan fingerprint density at radius 2 is 1.86 bits per heavy atom. The summed E-state index contributed by atoms with van der Waals surface area (Å²) in [4.78, 5) is 29.2. The average molecular weight is 418 g/mol. The van der Waals surface area contributed by atoms with E-state index in [0.29, 0.717) is 19.0 Å². The number of rotatable bonds is 5. The molecule has 0 spiro atoms. The van der Waals surface area contributed by atoms with E-state index in [4.69, 9.17) is 11.6 Å². The summed E-state index contributed by atoms with van der Waals surface area (Å²) in [5.41, 5.74) is 2.11. The van der Waals surface area contributed by atoms with Crippen molar-refractivity contribution in [3.05, 3.63) is 28.8 Å². The molecule has 29 heavy (non-hydrogen) atoms. The van der Waals surface area contributed by atoms with Crippen molar-refractivity contribution in [3.63, 3.8) is 0 Å². The highest BCUT2D eigenvalue weighted by Crippen LogP contribution is 2.33. The number of nitrogens with zero attached hydrogens (tertiary/aromatic N) is 2. The summed E-state index contributed by atoms with van der Waals surface area (Å²) in [5.74, 6) is 1.11. The lowest BCUT2D eigenvalue weighted by atomic mass is 9.96. The molecule has 2 unspecified atom stereocenters. The Kier molecular flexibility index (Phi) is 6.33. The molecule has 0 bridgehead atoms. The molecular formula is C23H32ClN3O2. The normalized spacial score (nSPS) is 25.0. The molecule has 3 fully saturated rings. The summed E-state index contributed by atoms with van der Waals surface area (Å²) in [6.07, 6.45) is 6.27. The molecule has 0 radical (unpaired) electrons. The summed E-state index contributed by atoms with van der Waals surface area (Å²) >= 11 is 6.57. The maximum atomic E-state index is 12.7. The third-order valence-electron chi connectivity index (χ3n) is 6.51.